The molecule has 0 spiro atoms. The van der Waals surface area contributed by atoms with Gasteiger partial charge in [-0.15, -0.1) is 13.2 Å². The van der Waals surface area contributed by atoms with Crippen molar-refractivity contribution in [3.63, 3.8) is 0 Å². The van der Waals surface area contributed by atoms with Gasteiger partial charge >= 0.3 is 6.36 Å². The molecule has 3 nitrogen and oxygen atoms in total. The van der Waals surface area contributed by atoms with Crippen LogP contribution in [0.1, 0.15) is 11.1 Å². The molecule has 3 rings (SSSR count). The average Bonchev–Trinajstić information content (AvgIpc) is 2.81. The Morgan fingerprint density at radius 2 is 2.00 bits per heavy atom. The lowest BCUT2D eigenvalue weighted by atomic mass is 10.1. The fraction of sp³-hybridized carbons (Fsp3) is 0.143. The molecule has 0 atom stereocenters. The van der Waals surface area contributed by atoms with Gasteiger partial charge in [-0.1, -0.05) is 6.07 Å². The Balaban J connectivity index is 1.85. The molecule has 2 heterocycles. The molecule has 0 radical (unpaired) electrons. The summed E-state index contributed by atoms with van der Waals surface area (Å²) in [7, 11) is 0. The van der Waals surface area contributed by atoms with Crippen LogP contribution < -0.4 is 4.74 Å². The number of aliphatic imine (C=N–C) groups is 1. The summed E-state index contributed by atoms with van der Waals surface area (Å²) in [5, 5.41) is 0. The molecular formula is C14H9F3N2O. The maximum atomic E-state index is 12.2. The zero-order chi connectivity index (χ0) is 14.2. The summed E-state index contributed by atoms with van der Waals surface area (Å²) < 4.78 is 40.4. The van der Waals surface area contributed by atoms with E-state index in [-0.39, 0.29) is 5.75 Å². The number of halogens is 3. The van der Waals surface area contributed by atoms with Crippen LogP contribution in [0.15, 0.2) is 47.7 Å². The fourth-order valence-corrected chi connectivity index (χ4v) is 2.08. The Morgan fingerprint density at radius 1 is 1.15 bits per heavy atom. The quantitative estimate of drug-likeness (QED) is 0.840. The highest BCUT2D eigenvalue weighted by Gasteiger charge is 2.31. The highest BCUT2D eigenvalue weighted by molar-refractivity contribution is 6.06. The minimum Gasteiger partial charge on any atom is -0.406 e. The molecule has 0 N–H and O–H groups in total. The number of ether oxygens (including phenoxy) is 1. The van der Waals surface area contributed by atoms with Crippen LogP contribution in [0.2, 0.25) is 0 Å². The largest absolute Gasteiger partial charge is 0.573 e. The predicted molar refractivity (Wildman–Crippen MR) is 67.3 cm³/mol. The van der Waals surface area contributed by atoms with Gasteiger partial charge in [0, 0.05) is 24.4 Å². The summed E-state index contributed by atoms with van der Waals surface area (Å²) >= 11 is 0. The molecule has 1 aromatic carbocycles. The van der Waals surface area contributed by atoms with E-state index in [1.165, 1.54) is 18.2 Å². The standard InChI is InChI=1S/C14H9F3N2O/c15-14(16,17)20-11-3-4-12-10(6-11)7-13(19-12)9-2-1-5-18-8-9/h1-6,8H,7H2. The first-order valence-electron chi connectivity index (χ1n) is 5.88. The molecule has 0 saturated carbocycles. The predicted octanol–water partition coefficient (Wildman–Crippen LogP) is 3.66. The van der Waals surface area contributed by atoms with Gasteiger partial charge in [0.05, 0.1) is 11.4 Å². The van der Waals surface area contributed by atoms with Gasteiger partial charge in [-0.25, -0.2) is 0 Å². The highest BCUT2D eigenvalue weighted by Crippen LogP contribution is 2.33. The first-order valence-corrected chi connectivity index (χ1v) is 5.88. The van der Waals surface area contributed by atoms with Crippen molar-refractivity contribution in [2.45, 2.75) is 12.8 Å². The van der Waals surface area contributed by atoms with Crippen LogP contribution in [-0.2, 0) is 6.42 Å². The number of benzene rings is 1. The second-order valence-corrected chi connectivity index (χ2v) is 4.32. The zero-order valence-electron chi connectivity index (χ0n) is 10.2. The number of fused-ring (bicyclic) bond motifs is 1. The van der Waals surface area contributed by atoms with Crippen LogP contribution in [0.25, 0.3) is 0 Å². The van der Waals surface area contributed by atoms with Gasteiger partial charge in [0.1, 0.15) is 5.75 Å². The van der Waals surface area contributed by atoms with Crippen LogP contribution in [0.4, 0.5) is 18.9 Å². The maximum absolute atomic E-state index is 12.2. The molecule has 1 aromatic heterocycles. The smallest absolute Gasteiger partial charge is 0.406 e. The van der Waals surface area contributed by atoms with E-state index in [9.17, 15) is 13.2 Å². The van der Waals surface area contributed by atoms with Crippen molar-refractivity contribution >= 4 is 11.4 Å². The van der Waals surface area contributed by atoms with Crippen molar-refractivity contribution in [3.05, 3.63) is 53.9 Å². The van der Waals surface area contributed by atoms with E-state index in [0.717, 1.165) is 11.3 Å². The summed E-state index contributed by atoms with van der Waals surface area (Å²) in [6.07, 6.45) is -0.880. The first-order chi connectivity index (χ1) is 9.51. The van der Waals surface area contributed by atoms with Gasteiger partial charge in [0.15, 0.2) is 0 Å². The van der Waals surface area contributed by atoms with Gasteiger partial charge in [-0.05, 0) is 29.8 Å². The van der Waals surface area contributed by atoms with Crippen molar-refractivity contribution in [2.75, 3.05) is 0 Å². The molecule has 1 aliphatic rings. The summed E-state index contributed by atoms with van der Waals surface area (Å²) in [6.45, 7) is 0. The SMILES string of the molecule is FC(F)(F)Oc1ccc2c(c1)CC(c1cccnc1)=N2. The summed E-state index contributed by atoms with van der Waals surface area (Å²) in [4.78, 5) is 8.40. The number of hydrogen-bond donors (Lipinski definition) is 0. The molecule has 6 heteroatoms. The van der Waals surface area contributed by atoms with E-state index in [1.807, 2.05) is 6.07 Å². The minimum atomic E-state index is -4.68. The van der Waals surface area contributed by atoms with Crippen LogP contribution >= 0.6 is 0 Å². The molecular weight excluding hydrogens is 269 g/mol. The number of rotatable bonds is 2. The molecule has 1 aliphatic heterocycles. The van der Waals surface area contributed by atoms with E-state index < -0.39 is 6.36 Å². The van der Waals surface area contributed by atoms with Crippen molar-refractivity contribution in [3.8, 4) is 5.75 Å². The van der Waals surface area contributed by atoms with Crippen molar-refractivity contribution in [2.24, 2.45) is 4.99 Å². The van der Waals surface area contributed by atoms with Crippen molar-refractivity contribution in [1.29, 1.82) is 0 Å². The molecule has 0 bridgehead atoms. The molecule has 0 aliphatic carbocycles. The van der Waals surface area contributed by atoms with Gasteiger partial charge in [0.25, 0.3) is 0 Å². The highest BCUT2D eigenvalue weighted by atomic mass is 19.4. The van der Waals surface area contributed by atoms with Gasteiger partial charge in [-0.2, -0.15) is 0 Å². The van der Waals surface area contributed by atoms with Crippen molar-refractivity contribution < 1.29 is 17.9 Å². The Labute approximate surface area is 112 Å². The zero-order valence-corrected chi connectivity index (χ0v) is 10.2. The number of aromatic nitrogens is 1. The lowest BCUT2D eigenvalue weighted by molar-refractivity contribution is -0.274. The molecule has 20 heavy (non-hydrogen) atoms. The molecule has 2 aromatic rings. The number of alkyl halides is 3. The number of nitrogens with zero attached hydrogens (tertiary/aromatic N) is 2. The second kappa shape index (κ2) is 4.63. The topological polar surface area (TPSA) is 34.5 Å². The minimum absolute atomic E-state index is 0.223. The lowest BCUT2D eigenvalue weighted by Gasteiger charge is -2.09. The summed E-state index contributed by atoms with van der Waals surface area (Å²) in [6, 6.07) is 7.82. The molecule has 102 valence electrons. The molecule has 0 saturated heterocycles. The maximum Gasteiger partial charge on any atom is 0.573 e. The average molecular weight is 278 g/mol. The molecule has 0 unspecified atom stereocenters. The molecule has 0 fully saturated rings. The third kappa shape index (κ3) is 2.64. The lowest BCUT2D eigenvalue weighted by Crippen LogP contribution is -2.17. The monoisotopic (exact) mass is 278 g/mol. The number of pyridine rings is 1. The molecule has 0 amide bonds. The van der Waals surface area contributed by atoms with Gasteiger partial charge in [-0.3, -0.25) is 9.98 Å². The number of hydrogen-bond acceptors (Lipinski definition) is 3. The van der Waals surface area contributed by atoms with Crippen LogP contribution in [0.3, 0.4) is 0 Å². The third-order valence-electron chi connectivity index (χ3n) is 2.89. The summed E-state index contributed by atoms with van der Waals surface area (Å²) in [5.74, 6) is -0.223. The Kier molecular flexibility index (Phi) is 2.93. The van der Waals surface area contributed by atoms with Crippen LogP contribution in [0.5, 0.6) is 5.75 Å². The van der Waals surface area contributed by atoms with Crippen LogP contribution in [-0.4, -0.2) is 17.1 Å². The Bertz CT molecular complexity index is 666. The second-order valence-electron chi connectivity index (χ2n) is 4.32. The van der Waals surface area contributed by atoms with E-state index >= 15 is 0 Å². The normalized spacial score (nSPS) is 13.8. The fourth-order valence-electron chi connectivity index (χ4n) is 2.08. The Morgan fingerprint density at radius 3 is 2.70 bits per heavy atom. The van der Waals surface area contributed by atoms with Gasteiger partial charge < -0.3 is 4.74 Å². The summed E-state index contributed by atoms with van der Waals surface area (Å²) in [5.41, 5.74) is 3.03. The first kappa shape index (κ1) is 12.7. The van der Waals surface area contributed by atoms with Gasteiger partial charge in [0.2, 0.25) is 0 Å². The third-order valence-corrected chi connectivity index (χ3v) is 2.89. The van der Waals surface area contributed by atoms with E-state index in [4.69, 9.17) is 0 Å². The Hall–Kier alpha value is -2.37. The van der Waals surface area contributed by atoms with E-state index in [2.05, 4.69) is 14.7 Å². The van der Waals surface area contributed by atoms with Crippen LogP contribution in [0, 0.1) is 0 Å². The van der Waals surface area contributed by atoms with E-state index in [1.54, 1.807) is 18.5 Å². The van der Waals surface area contributed by atoms with Crippen molar-refractivity contribution in [1.82, 2.24) is 4.98 Å². The van der Waals surface area contributed by atoms with E-state index in [0.29, 0.717) is 17.7 Å².